The molecule has 0 aliphatic carbocycles. The topological polar surface area (TPSA) is 32.3 Å². The summed E-state index contributed by atoms with van der Waals surface area (Å²) in [6.07, 6.45) is 1.92. The molecule has 11 aromatic rings. The molecule has 0 fully saturated rings. The number of hydrogen-bond donors (Lipinski definition) is 0. The number of nitrogens with zero attached hydrogens (tertiary/aromatic N) is 4. The van der Waals surface area contributed by atoms with Gasteiger partial charge in [-0.2, -0.15) is 0 Å². The Labute approximate surface area is 336 Å². The molecule has 1 aromatic heterocycles. The summed E-state index contributed by atoms with van der Waals surface area (Å²) in [6, 6.07) is 75.4. The van der Waals surface area contributed by atoms with Crippen LogP contribution in [0.5, 0.6) is 0 Å². The fourth-order valence-electron chi connectivity index (χ4n) is 8.54. The largest absolute Gasteiger partial charge is 0.310 e. The smallest absolute Gasteiger partial charge is 0.0980 e. The highest BCUT2D eigenvalue weighted by Gasteiger charge is 2.21. The third-order valence-electron chi connectivity index (χ3n) is 11.2. The fraction of sp³-hybridized carbons (Fsp3) is 0. The second kappa shape index (κ2) is 14.0. The van der Waals surface area contributed by atoms with Gasteiger partial charge in [-0.15, -0.1) is 0 Å². The predicted molar refractivity (Wildman–Crippen MR) is 244 cm³/mol. The molecular formula is C54H36N4. The van der Waals surface area contributed by atoms with Crippen molar-refractivity contribution in [2.75, 3.05) is 9.80 Å². The molecule has 4 nitrogen and oxygen atoms in total. The van der Waals surface area contributed by atoms with E-state index in [2.05, 4.69) is 216 Å². The van der Waals surface area contributed by atoms with E-state index in [1.165, 1.54) is 21.5 Å². The Bertz CT molecular complexity index is 3280. The summed E-state index contributed by atoms with van der Waals surface area (Å²) in [5.41, 5.74) is 10.1. The van der Waals surface area contributed by atoms with E-state index >= 15 is 0 Å². The molecule has 1 heterocycles. The van der Waals surface area contributed by atoms with Crippen molar-refractivity contribution in [2.24, 2.45) is 0 Å². The maximum Gasteiger partial charge on any atom is 0.0980 e. The zero-order valence-corrected chi connectivity index (χ0v) is 31.6. The van der Waals surface area contributed by atoms with Crippen molar-refractivity contribution >= 4 is 88.2 Å². The van der Waals surface area contributed by atoms with E-state index in [1.54, 1.807) is 0 Å². The van der Waals surface area contributed by atoms with Crippen molar-refractivity contribution in [1.82, 2.24) is 9.97 Å². The van der Waals surface area contributed by atoms with Crippen LogP contribution < -0.4 is 9.80 Å². The first-order chi connectivity index (χ1) is 28.8. The minimum absolute atomic E-state index is 0.839. The monoisotopic (exact) mass is 740 g/mol. The van der Waals surface area contributed by atoms with Gasteiger partial charge in [-0.05, 0) is 82.2 Å². The Kier molecular flexibility index (Phi) is 8.11. The lowest BCUT2D eigenvalue weighted by Gasteiger charge is -2.28. The average molecular weight is 741 g/mol. The van der Waals surface area contributed by atoms with Crippen LogP contribution in [0, 0.1) is 0 Å². The van der Waals surface area contributed by atoms with Crippen molar-refractivity contribution < 1.29 is 0 Å². The molecule has 10 aromatic carbocycles. The molecule has 11 rings (SSSR count). The highest BCUT2D eigenvalue weighted by molar-refractivity contribution is 6.24. The molecule has 0 saturated heterocycles. The van der Waals surface area contributed by atoms with Gasteiger partial charge in [0.05, 0.1) is 34.3 Å². The molecule has 0 atom stereocenters. The Morgan fingerprint density at radius 2 is 0.759 bits per heavy atom. The zero-order chi connectivity index (χ0) is 38.4. The predicted octanol–water partition coefficient (Wildman–Crippen LogP) is 14.8. The molecule has 0 unspecified atom stereocenters. The van der Waals surface area contributed by atoms with E-state index in [9.17, 15) is 0 Å². The highest BCUT2D eigenvalue weighted by atomic mass is 15.1. The number of anilines is 6. The standard InChI is InChI=1S/C54H36N4/c1-4-18-39(19-5-1)50-36-55-53-48-34-42(57(40-22-6-2-7-23-40)51-28-14-20-37-16-10-12-26-44(37)51)30-32-46(48)47-33-31-43(35-49(47)54(53)56-50)58(41-24-8-3-9-25-41)52-29-15-21-38-17-11-13-27-45(38)52/h1-36H. The van der Waals surface area contributed by atoms with Crippen molar-refractivity contribution in [1.29, 1.82) is 0 Å². The second-order valence-corrected chi connectivity index (χ2v) is 14.6. The van der Waals surface area contributed by atoms with Gasteiger partial charge in [0.15, 0.2) is 0 Å². The van der Waals surface area contributed by atoms with Crippen LogP contribution in [-0.4, -0.2) is 9.97 Å². The lowest BCUT2D eigenvalue weighted by atomic mass is 9.97. The molecule has 0 spiro atoms. The quantitative estimate of drug-likeness (QED) is 0.152. The Balaban J connectivity index is 1.18. The maximum atomic E-state index is 5.46. The zero-order valence-electron chi connectivity index (χ0n) is 31.6. The molecule has 0 N–H and O–H groups in total. The summed E-state index contributed by atoms with van der Waals surface area (Å²) in [4.78, 5) is 15.4. The van der Waals surface area contributed by atoms with E-state index in [0.29, 0.717) is 0 Å². The van der Waals surface area contributed by atoms with Crippen molar-refractivity contribution in [3.8, 4) is 11.3 Å². The lowest BCUT2D eigenvalue weighted by molar-refractivity contribution is 1.29. The van der Waals surface area contributed by atoms with Crippen LogP contribution in [0.25, 0.3) is 65.4 Å². The number of benzene rings is 10. The van der Waals surface area contributed by atoms with Gasteiger partial charge in [0, 0.05) is 49.9 Å². The normalized spacial score (nSPS) is 11.4. The van der Waals surface area contributed by atoms with Gasteiger partial charge >= 0.3 is 0 Å². The second-order valence-electron chi connectivity index (χ2n) is 14.6. The maximum absolute atomic E-state index is 5.46. The van der Waals surface area contributed by atoms with Crippen LogP contribution in [-0.2, 0) is 0 Å². The van der Waals surface area contributed by atoms with Crippen LogP contribution in [0.15, 0.2) is 219 Å². The van der Waals surface area contributed by atoms with Crippen molar-refractivity contribution in [3.05, 3.63) is 219 Å². The molecule has 272 valence electrons. The Morgan fingerprint density at radius 1 is 0.310 bits per heavy atom. The first-order valence-corrected chi connectivity index (χ1v) is 19.7. The molecule has 0 bridgehead atoms. The van der Waals surface area contributed by atoms with Crippen LogP contribution >= 0.6 is 0 Å². The third kappa shape index (κ3) is 5.70. The number of hydrogen-bond acceptors (Lipinski definition) is 4. The molecule has 0 radical (unpaired) electrons. The molecular weight excluding hydrogens is 705 g/mol. The Morgan fingerprint density at radius 3 is 1.29 bits per heavy atom. The van der Waals surface area contributed by atoms with Gasteiger partial charge in [-0.3, -0.25) is 4.98 Å². The molecule has 0 amide bonds. The van der Waals surface area contributed by atoms with E-state index in [-0.39, 0.29) is 0 Å². The summed E-state index contributed by atoms with van der Waals surface area (Å²) in [5, 5.41) is 9.11. The summed E-state index contributed by atoms with van der Waals surface area (Å²) < 4.78 is 0. The molecule has 0 saturated carbocycles. The van der Waals surface area contributed by atoms with Crippen LogP contribution in [0.2, 0.25) is 0 Å². The highest BCUT2D eigenvalue weighted by Crippen LogP contribution is 2.45. The number of para-hydroxylation sites is 2. The van der Waals surface area contributed by atoms with Gasteiger partial charge in [-0.25, -0.2) is 4.98 Å². The van der Waals surface area contributed by atoms with Gasteiger partial charge in [0.25, 0.3) is 0 Å². The minimum atomic E-state index is 0.839. The fourth-order valence-corrected chi connectivity index (χ4v) is 8.54. The Hall–Kier alpha value is -7.82. The third-order valence-corrected chi connectivity index (χ3v) is 11.2. The van der Waals surface area contributed by atoms with E-state index in [4.69, 9.17) is 9.97 Å². The van der Waals surface area contributed by atoms with Gasteiger partial charge in [-0.1, -0.05) is 152 Å². The first kappa shape index (κ1) is 33.5. The number of fused-ring (bicyclic) bond motifs is 8. The SMILES string of the molecule is c1ccc(-c2cnc3c4cc(N(c5ccccc5)c5cccc6ccccc56)ccc4c4ccc(N(c5ccccc5)c5cccc6ccccc56)cc4c3n2)cc1. The minimum Gasteiger partial charge on any atom is -0.310 e. The first-order valence-electron chi connectivity index (χ1n) is 19.7. The van der Waals surface area contributed by atoms with Gasteiger partial charge < -0.3 is 9.80 Å². The van der Waals surface area contributed by atoms with Crippen molar-refractivity contribution in [2.45, 2.75) is 0 Å². The molecule has 4 heteroatoms. The van der Waals surface area contributed by atoms with Crippen molar-refractivity contribution in [3.63, 3.8) is 0 Å². The van der Waals surface area contributed by atoms with E-state index in [0.717, 1.165) is 78.0 Å². The average Bonchev–Trinajstić information content (AvgIpc) is 3.30. The summed E-state index contributed by atoms with van der Waals surface area (Å²) in [6.45, 7) is 0. The van der Waals surface area contributed by atoms with Crippen LogP contribution in [0.3, 0.4) is 0 Å². The van der Waals surface area contributed by atoms with Gasteiger partial charge in [0.2, 0.25) is 0 Å². The van der Waals surface area contributed by atoms with Gasteiger partial charge in [0.1, 0.15) is 0 Å². The molecule has 0 aliphatic rings. The van der Waals surface area contributed by atoms with E-state index < -0.39 is 0 Å². The van der Waals surface area contributed by atoms with E-state index in [1.807, 2.05) is 12.3 Å². The summed E-state index contributed by atoms with van der Waals surface area (Å²) >= 11 is 0. The summed E-state index contributed by atoms with van der Waals surface area (Å²) in [5.74, 6) is 0. The molecule has 0 aliphatic heterocycles. The number of rotatable bonds is 7. The summed E-state index contributed by atoms with van der Waals surface area (Å²) in [7, 11) is 0. The lowest BCUT2D eigenvalue weighted by Crippen LogP contribution is -2.11. The molecule has 58 heavy (non-hydrogen) atoms. The van der Waals surface area contributed by atoms with Crippen LogP contribution in [0.1, 0.15) is 0 Å². The van der Waals surface area contributed by atoms with Crippen LogP contribution in [0.4, 0.5) is 34.1 Å². The number of aromatic nitrogens is 2.